The van der Waals surface area contributed by atoms with Crippen molar-refractivity contribution in [2.75, 3.05) is 20.3 Å². The van der Waals surface area contributed by atoms with Gasteiger partial charge in [0, 0.05) is 28.8 Å². The van der Waals surface area contributed by atoms with Gasteiger partial charge in [-0.2, -0.15) is 0 Å². The fourth-order valence-electron chi connectivity index (χ4n) is 2.24. The van der Waals surface area contributed by atoms with Crippen molar-refractivity contribution >= 4 is 39.1 Å². The molecule has 0 aliphatic rings. The van der Waals surface area contributed by atoms with Crippen LogP contribution < -0.4 is 14.8 Å². The van der Waals surface area contributed by atoms with Crippen LogP contribution in [-0.2, 0) is 13.2 Å². The number of aliphatic hydroxyl groups excluding tert-OH is 1. The summed E-state index contributed by atoms with van der Waals surface area (Å²) in [5, 5.41) is 13.2. The molecule has 0 aromatic heterocycles. The predicted octanol–water partition coefficient (Wildman–Crippen LogP) is 4.82. The van der Waals surface area contributed by atoms with Gasteiger partial charge in [0.05, 0.1) is 11.6 Å². The Morgan fingerprint density at radius 2 is 2.00 bits per heavy atom. The standard InChI is InChI=1S/C18H20BrCl2NO3/c1-24-17-8-12(10-22-5-2-6-23)7-15(19)18(17)25-11-13-3-4-14(20)9-16(13)21/h3-4,7-9,22-23H,2,5-6,10-11H2,1H3. The quantitative estimate of drug-likeness (QED) is 0.540. The van der Waals surface area contributed by atoms with Gasteiger partial charge < -0.3 is 19.9 Å². The summed E-state index contributed by atoms with van der Waals surface area (Å²) < 4.78 is 12.2. The van der Waals surface area contributed by atoms with Gasteiger partial charge in [0.1, 0.15) is 6.61 Å². The number of halogens is 3. The van der Waals surface area contributed by atoms with Crippen LogP contribution in [0.3, 0.4) is 0 Å². The second kappa shape index (κ2) is 10.2. The Labute approximate surface area is 166 Å². The van der Waals surface area contributed by atoms with E-state index in [1.807, 2.05) is 18.2 Å². The zero-order valence-corrected chi connectivity index (χ0v) is 16.9. The molecule has 0 saturated carbocycles. The van der Waals surface area contributed by atoms with Crippen molar-refractivity contribution in [3.63, 3.8) is 0 Å². The lowest BCUT2D eigenvalue weighted by molar-refractivity contribution is 0.282. The van der Waals surface area contributed by atoms with Crippen LogP contribution in [0.4, 0.5) is 0 Å². The zero-order chi connectivity index (χ0) is 18.2. The number of benzene rings is 2. The molecule has 2 aromatic carbocycles. The Bertz CT molecular complexity index is 713. The highest BCUT2D eigenvalue weighted by atomic mass is 79.9. The highest BCUT2D eigenvalue weighted by molar-refractivity contribution is 9.10. The van der Waals surface area contributed by atoms with Gasteiger partial charge in [0.25, 0.3) is 0 Å². The van der Waals surface area contributed by atoms with Crippen molar-refractivity contribution in [3.05, 3.63) is 56.0 Å². The molecule has 25 heavy (non-hydrogen) atoms. The fourth-order valence-corrected chi connectivity index (χ4v) is 3.31. The van der Waals surface area contributed by atoms with Gasteiger partial charge in [0.2, 0.25) is 0 Å². The van der Waals surface area contributed by atoms with E-state index in [1.54, 1.807) is 19.2 Å². The molecule has 136 valence electrons. The highest BCUT2D eigenvalue weighted by Crippen LogP contribution is 2.37. The third-order valence-corrected chi connectivity index (χ3v) is 4.69. The maximum atomic E-state index is 8.81. The van der Waals surface area contributed by atoms with Crippen LogP contribution in [0.1, 0.15) is 17.5 Å². The molecule has 0 heterocycles. The van der Waals surface area contributed by atoms with E-state index >= 15 is 0 Å². The SMILES string of the molecule is COc1cc(CNCCCO)cc(Br)c1OCc1ccc(Cl)cc1Cl. The van der Waals surface area contributed by atoms with Crippen LogP contribution in [0.15, 0.2) is 34.8 Å². The minimum Gasteiger partial charge on any atom is -0.493 e. The van der Waals surface area contributed by atoms with Gasteiger partial charge in [-0.1, -0.05) is 29.3 Å². The number of rotatable bonds is 9. The first-order valence-electron chi connectivity index (χ1n) is 7.80. The van der Waals surface area contributed by atoms with E-state index in [4.69, 9.17) is 37.8 Å². The van der Waals surface area contributed by atoms with Gasteiger partial charge in [0.15, 0.2) is 11.5 Å². The lowest BCUT2D eigenvalue weighted by atomic mass is 10.2. The summed E-state index contributed by atoms with van der Waals surface area (Å²) in [4.78, 5) is 0. The summed E-state index contributed by atoms with van der Waals surface area (Å²) in [6.07, 6.45) is 0.724. The van der Waals surface area contributed by atoms with E-state index in [1.165, 1.54) is 0 Å². The van der Waals surface area contributed by atoms with Crippen LogP contribution in [-0.4, -0.2) is 25.4 Å². The molecule has 4 nitrogen and oxygen atoms in total. The summed E-state index contributed by atoms with van der Waals surface area (Å²) in [5.74, 6) is 1.26. The van der Waals surface area contributed by atoms with Crippen molar-refractivity contribution < 1.29 is 14.6 Å². The molecule has 0 atom stereocenters. The Balaban J connectivity index is 2.09. The normalized spacial score (nSPS) is 10.8. The van der Waals surface area contributed by atoms with E-state index in [0.29, 0.717) is 34.7 Å². The first-order chi connectivity index (χ1) is 12.0. The average molecular weight is 449 g/mol. The second-order valence-corrected chi connectivity index (χ2v) is 7.09. The van der Waals surface area contributed by atoms with Gasteiger partial charge in [-0.25, -0.2) is 0 Å². The fraction of sp³-hybridized carbons (Fsp3) is 0.333. The molecule has 2 N–H and O–H groups in total. The Hall–Kier alpha value is -0.980. The summed E-state index contributed by atoms with van der Waals surface area (Å²) in [5.41, 5.74) is 1.90. The summed E-state index contributed by atoms with van der Waals surface area (Å²) in [6.45, 7) is 1.92. The Kier molecular flexibility index (Phi) is 8.33. The van der Waals surface area contributed by atoms with Crippen molar-refractivity contribution in [1.82, 2.24) is 5.32 Å². The highest BCUT2D eigenvalue weighted by Gasteiger charge is 2.13. The minimum atomic E-state index is 0.181. The number of ether oxygens (including phenoxy) is 2. The van der Waals surface area contributed by atoms with E-state index in [0.717, 1.165) is 28.6 Å². The molecule has 0 spiro atoms. The first kappa shape index (κ1) is 20.3. The Morgan fingerprint density at radius 3 is 2.68 bits per heavy atom. The summed E-state index contributed by atoms with van der Waals surface area (Å²) >= 11 is 15.6. The van der Waals surface area contributed by atoms with E-state index < -0.39 is 0 Å². The molecule has 0 aliphatic carbocycles. The third kappa shape index (κ3) is 6.04. The second-order valence-electron chi connectivity index (χ2n) is 5.39. The van der Waals surface area contributed by atoms with Crippen molar-refractivity contribution in [3.8, 4) is 11.5 Å². The summed E-state index contributed by atoms with van der Waals surface area (Å²) in [6, 6.07) is 9.21. The lowest BCUT2D eigenvalue weighted by Gasteiger charge is -2.15. The molecule has 0 aliphatic heterocycles. The van der Waals surface area contributed by atoms with Gasteiger partial charge in [-0.15, -0.1) is 0 Å². The van der Waals surface area contributed by atoms with Crippen molar-refractivity contribution in [2.45, 2.75) is 19.6 Å². The van der Waals surface area contributed by atoms with Crippen molar-refractivity contribution in [1.29, 1.82) is 0 Å². The molecule has 0 saturated heterocycles. The molecule has 2 aromatic rings. The van der Waals surface area contributed by atoms with Crippen LogP contribution in [0.5, 0.6) is 11.5 Å². The molecule has 7 heteroatoms. The number of nitrogens with one attached hydrogen (secondary N) is 1. The first-order valence-corrected chi connectivity index (χ1v) is 9.34. The number of methoxy groups -OCH3 is 1. The minimum absolute atomic E-state index is 0.181. The van der Waals surface area contributed by atoms with Crippen LogP contribution in [0, 0.1) is 0 Å². The maximum absolute atomic E-state index is 8.81. The topological polar surface area (TPSA) is 50.7 Å². The van der Waals surface area contributed by atoms with Gasteiger partial charge in [-0.3, -0.25) is 0 Å². The monoisotopic (exact) mass is 447 g/mol. The predicted molar refractivity (Wildman–Crippen MR) is 105 cm³/mol. The van der Waals surface area contributed by atoms with Gasteiger partial charge >= 0.3 is 0 Å². The van der Waals surface area contributed by atoms with Gasteiger partial charge in [-0.05, 0) is 58.7 Å². The molecule has 2 rings (SSSR count). The van der Waals surface area contributed by atoms with Crippen LogP contribution in [0.2, 0.25) is 10.0 Å². The van der Waals surface area contributed by atoms with E-state index in [2.05, 4.69) is 21.2 Å². The third-order valence-electron chi connectivity index (χ3n) is 3.52. The number of hydrogen-bond donors (Lipinski definition) is 2. The van der Waals surface area contributed by atoms with Crippen molar-refractivity contribution in [2.24, 2.45) is 0 Å². The summed E-state index contributed by atoms with van der Waals surface area (Å²) in [7, 11) is 1.60. The Morgan fingerprint density at radius 1 is 1.20 bits per heavy atom. The molecule has 0 unspecified atom stereocenters. The van der Waals surface area contributed by atoms with Crippen LogP contribution in [0.25, 0.3) is 0 Å². The maximum Gasteiger partial charge on any atom is 0.175 e. The average Bonchev–Trinajstić information content (AvgIpc) is 2.58. The molecule has 0 bridgehead atoms. The molecule has 0 amide bonds. The smallest absolute Gasteiger partial charge is 0.175 e. The molecular formula is C18H20BrCl2NO3. The number of hydrogen-bond acceptors (Lipinski definition) is 4. The zero-order valence-electron chi connectivity index (χ0n) is 13.8. The lowest BCUT2D eigenvalue weighted by Crippen LogP contribution is -2.15. The van der Waals surface area contributed by atoms with Crippen LogP contribution >= 0.6 is 39.1 Å². The van der Waals surface area contributed by atoms with E-state index in [-0.39, 0.29) is 6.61 Å². The molecular weight excluding hydrogens is 429 g/mol. The molecule has 0 radical (unpaired) electrons. The molecule has 0 fully saturated rings. The van der Waals surface area contributed by atoms with E-state index in [9.17, 15) is 0 Å². The largest absolute Gasteiger partial charge is 0.493 e. The number of aliphatic hydroxyl groups is 1.